The quantitative estimate of drug-likeness (QED) is 0.903. The second-order valence-corrected chi connectivity index (χ2v) is 5.66. The maximum atomic E-state index is 12.5. The highest BCUT2D eigenvalue weighted by molar-refractivity contribution is 5.96. The zero-order chi connectivity index (χ0) is 15.4. The molecule has 1 aliphatic heterocycles. The lowest BCUT2D eigenvalue weighted by Gasteiger charge is -2.37. The largest absolute Gasteiger partial charge is 0.343 e. The van der Waals surface area contributed by atoms with Crippen LogP contribution in [-0.4, -0.2) is 28.8 Å². The van der Waals surface area contributed by atoms with Crippen LogP contribution in [0, 0.1) is 0 Å². The molecule has 1 saturated heterocycles. The van der Waals surface area contributed by atoms with E-state index in [1.807, 2.05) is 19.1 Å². The van der Waals surface area contributed by atoms with E-state index in [1.54, 1.807) is 11.8 Å². The monoisotopic (exact) mass is 288 g/mol. The zero-order valence-electron chi connectivity index (χ0n) is 13.1. The lowest BCUT2D eigenvalue weighted by atomic mass is 10.0. The van der Waals surface area contributed by atoms with Gasteiger partial charge in [0, 0.05) is 6.54 Å². The van der Waals surface area contributed by atoms with Gasteiger partial charge in [0.25, 0.3) is 0 Å². The van der Waals surface area contributed by atoms with Crippen LogP contribution in [0.2, 0.25) is 0 Å². The Kier molecular flexibility index (Phi) is 4.99. The fourth-order valence-electron chi connectivity index (χ4n) is 2.66. The molecule has 1 fully saturated rings. The fourth-order valence-corrected chi connectivity index (χ4v) is 2.66. The number of nitrogens with one attached hydrogen (secondary N) is 1. The highest BCUT2D eigenvalue weighted by Gasteiger charge is 2.37. The van der Waals surface area contributed by atoms with Gasteiger partial charge < -0.3 is 10.2 Å². The third-order valence-corrected chi connectivity index (χ3v) is 4.11. The topological polar surface area (TPSA) is 49.4 Å². The van der Waals surface area contributed by atoms with E-state index in [0.717, 1.165) is 18.4 Å². The van der Waals surface area contributed by atoms with Gasteiger partial charge in [0.2, 0.25) is 11.8 Å². The molecule has 1 N–H and O–H groups in total. The van der Waals surface area contributed by atoms with E-state index in [4.69, 9.17) is 0 Å². The Morgan fingerprint density at radius 2 is 1.71 bits per heavy atom. The van der Waals surface area contributed by atoms with Gasteiger partial charge in [-0.1, -0.05) is 44.5 Å². The second kappa shape index (κ2) is 6.74. The lowest BCUT2D eigenvalue weighted by molar-refractivity contribution is -0.149. The summed E-state index contributed by atoms with van der Waals surface area (Å²) in [5.74, 6) is -0.0262. The minimum absolute atomic E-state index is 0.0310. The van der Waals surface area contributed by atoms with Crippen LogP contribution in [0.4, 0.5) is 0 Å². The maximum absolute atomic E-state index is 12.5. The molecule has 114 valence electrons. The molecule has 0 spiro atoms. The van der Waals surface area contributed by atoms with Gasteiger partial charge in [-0.05, 0) is 30.9 Å². The molecule has 0 radical (unpaired) electrons. The molecule has 1 aromatic rings. The summed E-state index contributed by atoms with van der Waals surface area (Å²) in [5.41, 5.74) is 2.34. The molecular formula is C17H24N2O2. The summed E-state index contributed by atoms with van der Waals surface area (Å²) in [6.45, 7) is 6.42. The van der Waals surface area contributed by atoms with Crippen molar-refractivity contribution in [3.8, 4) is 0 Å². The van der Waals surface area contributed by atoms with Crippen LogP contribution in [0.25, 0.3) is 0 Å². The Hall–Kier alpha value is -1.84. The minimum atomic E-state index is -0.406. The SMILES string of the molecule is CCCC1NC(=O)C(C)N(Cc2ccc(CC)cc2)C1=O. The molecule has 1 aliphatic rings. The van der Waals surface area contributed by atoms with Gasteiger partial charge in [-0.3, -0.25) is 9.59 Å². The average Bonchev–Trinajstić information content (AvgIpc) is 2.50. The van der Waals surface area contributed by atoms with Gasteiger partial charge in [0.1, 0.15) is 12.1 Å². The molecule has 2 unspecified atom stereocenters. The number of hydrogen-bond donors (Lipinski definition) is 1. The molecule has 1 heterocycles. The van der Waals surface area contributed by atoms with Crippen molar-refractivity contribution >= 4 is 11.8 Å². The third-order valence-electron chi connectivity index (χ3n) is 4.11. The minimum Gasteiger partial charge on any atom is -0.343 e. The Morgan fingerprint density at radius 3 is 2.29 bits per heavy atom. The van der Waals surface area contributed by atoms with Gasteiger partial charge in [-0.25, -0.2) is 0 Å². The van der Waals surface area contributed by atoms with Crippen molar-refractivity contribution in [1.29, 1.82) is 0 Å². The van der Waals surface area contributed by atoms with E-state index in [9.17, 15) is 9.59 Å². The van der Waals surface area contributed by atoms with E-state index in [2.05, 4.69) is 24.4 Å². The van der Waals surface area contributed by atoms with Gasteiger partial charge >= 0.3 is 0 Å². The van der Waals surface area contributed by atoms with Gasteiger partial charge in [0.05, 0.1) is 0 Å². The molecule has 2 rings (SSSR count). The summed E-state index contributed by atoms with van der Waals surface area (Å²) >= 11 is 0. The molecule has 0 aromatic heterocycles. The zero-order valence-corrected chi connectivity index (χ0v) is 13.1. The van der Waals surface area contributed by atoms with Gasteiger partial charge in [0.15, 0.2) is 0 Å². The second-order valence-electron chi connectivity index (χ2n) is 5.66. The van der Waals surface area contributed by atoms with Crippen molar-refractivity contribution in [2.24, 2.45) is 0 Å². The summed E-state index contributed by atoms with van der Waals surface area (Å²) in [5, 5.41) is 2.82. The predicted octanol–water partition coefficient (Wildman–Crippen LogP) is 2.26. The van der Waals surface area contributed by atoms with E-state index >= 15 is 0 Å². The number of benzene rings is 1. The molecule has 21 heavy (non-hydrogen) atoms. The fraction of sp³-hybridized carbons (Fsp3) is 0.529. The van der Waals surface area contributed by atoms with Crippen molar-refractivity contribution in [2.45, 2.75) is 58.7 Å². The van der Waals surface area contributed by atoms with Crippen molar-refractivity contribution in [3.63, 3.8) is 0 Å². The van der Waals surface area contributed by atoms with Crippen LogP contribution in [0.5, 0.6) is 0 Å². The van der Waals surface area contributed by atoms with Crippen LogP contribution in [0.1, 0.15) is 44.7 Å². The highest BCUT2D eigenvalue weighted by atomic mass is 16.2. The van der Waals surface area contributed by atoms with Crippen LogP contribution in [-0.2, 0) is 22.6 Å². The Balaban J connectivity index is 2.14. The lowest BCUT2D eigenvalue weighted by Crippen LogP contribution is -2.61. The normalized spacial score (nSPS) is 22.3. The highest BCUT2D eigenvalue weighted by Crippen LogP contribution is 2.17. The number of aryl methyl sites for hydroxylation is 1. The van der Waals surface area contributed by atoms with Crippen LogP contribution >= 0.6 is 0 Å². The molecule has 2 atom stereocenters. The number of carbonyl (C=O) groups excluding carboxylic acids is 2. The van der Waals surface area contributed by atoms with Crippen molar-refractivity contribution in [3.05, 3.63) is 35.4 Å². The number of hydrogen-bond acceptors (Lipinski definition) is 2. The maximum Gasteiger partial charge on any atom is 0.246 e. The first kappa shape index (κ1) is 15.5. The number of amides is 2. The summed E-state index contributed by atoms with van der Waals surface area (Å²) < 4.78 is 0. The van der Waals surface area contributed by atoms with Crippen LogP contribution in [0.3, 0.4) is 0 Å². The predicted molar refractivity (Wildman–Crippen MR) is 82.7 cm³/mol. The molecule has 0 bridgehead atoms. The first-order chi connectivity index (χ1) is 10.1. The number of carbonyl (C=O) groups is 2. The number of nitrogens with zero attached hydrogens (tertiary/aromatic N) is 1. The third kappa shape index (κ3) is 3.43. The summed E-state index contributed by atoms with van der Waals surface area (Å²) in [6.07, 6.45) is 2.58. The summed E-state index contributed by atoms with van der Waals surface area (Å²) in [6, 6.07) is 7.47. The van der Waals surface area contributed by atoms with E-state index in [-0.39, 0.29) is 17.9 Å². The van der Waals surface area contributed by atoms with Crippen molar-refractivity contribution < 1.29 is 9.59 Å². The average molecular weight is 288 g/mol. The molecule has 2 amide bonds. The first-order valence-electron chi connectivity index (χ1n) is 7.75. The molecule has 0 aliphatic carbocycles. The number of rotatable bonds is 5. The number of piperazine rings is 1. The molecule has 4 heteroatoms. The van der Waals surface area contributed by atoms with Gasteiger partial charge in [-0.2, -0.15) is 0 Å². The Bertz CT molecular complexity index is 510. The van der Waals surface area contributed by atoms with Crippen molar-refractivity contribution in [2.75, 3.05) is 0 Å². The molecule has 4 nitrogen and oxygen atoms in total. The smallest absolute Gasteiger partial charge is 0.246 e. The molecule has 0 saturated carbocycles. The summed E-state index contributed by atoms with van der Waals surface area (Å²) in [7, 11) is 0. The van der Waals surface area contributed by atoms with E-state index in [0.29, 0.717) is 13.0 Å². The molecular weight excluding hydrogens is 264 g/mol. The van der Waals surface area contributed by atoms with E-state index < -0.39 is 6.04 Å². The first-order valence-corrected chi connectivity index (χ1v) is 7.75. The van der Waals surface area contributed by atoms with Crippen LogP contribution in [0.15, 0.2) is 24.3 Å². The van der Waals surface area contributed by atoms with Gasteiger partial charge in [-0.15, -0.1) is 0 Å². The van der Waals surface area contributed by atoms with Crippen molar-refractivity contribution in [1.82, 2.24) is 10.2 Å². The van der Waals surface area contributed by atoms with Crippen LogP contribution < -0.4 is 5.32 Å². The summed E-state index contributed by atoms with van der Waals surface area (Å²) in [4.78, 5) is 26.2. The van der Waals surface area contributed by atoms with E-state index in [1.165, 1.54) is 5.56 Å². The molecule has 1 aromatic carbocycles. The Morgan fingerprint density at radius 1 is 1.10 bits per heavy atom. The Labute approximate surface area is 126 Å². The standard InChI is InChI=1S/C17H24N2O2/c1-4-6-15-17(21)19(12(3)16(20)18-15)11-14-9-7-13(5-2)8-10-14/h7-10,12,15H,4-6,11H2,1-3H3,(H,18,20).